The number of carbonyl (C=O) groups is 2. The number of aryl methyl sites for hydroxylation is 1. The van der Waals surface area contributed by atoms with Crippen molar-refractivity contribution in [2.75, 3.05) is 6.54 Å². The van der Waals surface area contributed by atoms with E-state index in [1.54, 1.807) is 13.0 Å². The number of carbonyl (C=O) groups excluding carboxylic acids is 1. The zero-order valence-corrected chi connectivity index (χ0v) is 11.5. The molecule has 1 atom stereocenters. The summed E-state index contributed by atoms with van der Waals surface area (Å²) in [5, 5.41) is 15.6. The maximum atomic E-state index is 12.1. The Morgan fingerprint density at radius 1 is 1.50 bits per heavy atom. The van der Waals surface area contributed by atoms with Gasteiger partial charge in [0, 0.05) is 12.6 Å². The highest BCUT2D eigenvalue weighted by molar-refractivity contribution is 5.82. The van der Waals surface area contributed by atoms with Crippen LogP contribution in [0, 0.1) is 6.92 Å². The Balaban J connectivity index is 1.96. The molecular weight excluding hydrogens is 262 g/mol. The molecule has 7 nitrogen and oxygen atoms in total. The smallest absolute Gasteiger partial charge is 0.326 e. The minimum atomic E-state index is -0.947. The summed E-state index contributed by atoms with van der Waals surface area (Å²) in [7, 11) is 0. The van der Waals surface area contributed by atoms with Crippen LogP contribution in [0.2, 0.25) is 0 Å². The van der Waals surface area contributed by atoms with E-state index in [9.17, 15) is 14.7 Å². The topological polar surface area (TPSA) is 95.7 Å². The average Bonchev–Trinajstić information content (AvgIpc) is 2.68. The fraction of sp³-hybridized carbons (Fsp3) is 0.615. The lowest BCUT2D eigenvalue weighted by Crippen LogP contribution is -2.49. The van der Waals surface area contributed by atoms with Gasteiger partial charge in [-0.3, -0.25) is 0 Å². The van der Waals surface area contributed by atoms with Gasteiger partial charge in [0.15, 0.2) is 5.76 Å². The molecule has 2 N–H and O–H groups in total. The van der Waals surface area contributed by atoms with Crippen molar-refractivity contribution < 1.29 is 19.2 Å². The molecule has 0 saturated carbocycles. The third-order valence-electron chi connectivity index (χ3n) is 3.39. The highest BCUT2D eigenvalue weighted by Crippen LogP contribution is 2.17. The van der Waals surface area contributed by atoms with Gasteiger partial charge in [0.25, 0.3) is 0 Å². The van der Waals surface area contributed by atoms with Crippen LogP contribution in [0.15, 0.2) is 10.6 Å². The van der Waals surface area contributed by atoms with Crippen molar-refractivity contribution in [1.29, 1.82) is 0 Å². The standard InChI is InChI=1S/C13H19N3O4/c1-9-7-10(20-15-9)8-14-13(19)16-6-4-2-3-5-11(16)12(17)18/h7,11H,2-6,8H2,1H3,(H,14,19)(H,17,18). The Hall–Kier alpha value is -2.05. The van der Waals surface area contributed by atoms with Crippen LogP contribution in [-0.4, -0.2) is 39.8 Å². The number of aromatic nitrogens is 1. The number of carboxylic acid groups (broad SMARTS) is 1. The van der Waals surface area contributed by atoms with Gasteiger partial charge in [0.2, 0.25) is 0 Å². The van der Waals surface area contributed by atoms with Crippen molar-refractivity contribution in [3.8, 4) is 0 Å². The Kier molecular flexibility index (Phi) is 4.60. The second kappa shape index (κ2) is 6.40. The summed E-state index contributed by atoms with van der Waals surface area (Å²) >= 11 is 0. The second-order valence-corrected chi connectivity index (χ2v) is 4.99. The minimum Gasteiger partial charge on any atom is -0.480 e. The minimum absolute atomic E-state index is 0.211. The predicted molar refractivity (Wildman–Crippen MR) is 70.1 cm³/mol. The first-order valence-corrected chi connectivity index (χ1v) is 6.77. The highest BCUT2D eigenvalue weighted by Gasteiger charge is 2.30. The third kappa shape index (κ3) is 3.49. The Morgan fingerprint density at radius 2 is 2.30 bits per heavy atom. The van der Waals surface area contributed by atoms with Crippen molar-refractivity contribution in [2.24, 2.45) is 0 Å². The van der Waals surface area contributed by atoms with Gasteiger partial charge in [-0.2, -0.15) is 0 Å². The first-order valence-electron chi connectivity index (χ1n) is 6.77. The van der Waals surface area contributed by atoms with E-state index in [2.05, 4.69) is 10.5 Å². The van der Waals surface area contributed by atoms with E-state index in [0.29, 0.717) is 18.7 Å². The number of rotatable bonds is 3. The molecule has 1 unspecified atom stereocenters. The van der Waals surface area contributed by atoms with Crippen molar-refractivity contribution in [3.63, 3.8) is 0 Å². The zero-order valence-electron chi connectivity index (χ0n) is 11.5. The number of amides is 2. The number of carboxylic acids is 1. The number of aliphatic carboxylic acids is 1. The van der Waals surface area contributed by atoms with Crippen molar-refractivity contribution in [1.82, 2.24) is 15.4 Å². The Morgan fingerprint density at radius 3 is 2.95 bits per heavy atom. The molecule has 7 heteroatoms. The van der Waals surface area contributed by atoms with Crippen LogP contribution in [0.3, 0.4) is 0 Å². The van der Waals surface area contributed by atoms with Crippen LogP contribution in [-0.2, 0) is 11.3 Å². The molecule has 1 aromatic rings. The van der Waals surface area contributed by atoms with E-state index in [1.165, 1.54) is 4.90 Å². The van der Waals surface area contributed by atoms with E-state index in [-0.39, 0.29) is 12.6 Å². The van der Waals surface area contributed by atoms with Gasteiger partial charge in [0.1, 0.15) is 6.04 Å². The number of hydrogen-bond donors (Lipinski definition) is 2. The Labute approximate surface area is 116 Å². The molecule has 2 amide bonds. The van der Waals surface area contributed by atoms with Crippen molar-refractivity contribution in [3.05, 3.63) is 17.5 Å². The lowest BCUT2D eigenvalue weighted by atomic mass is 10.1. The molecule has 1 aliphatic heterocycles. The van der Waals surface area contributed by atoms with Crippen LogP contribution in [0.25, 0.3) is 0 Å². The summed E-state index contributed by atoms with van der Waals surface area (Å²) < 4.78 is 5.00. The maximum absolute atomic E-state index is 12.1. The molecular formula is C13H19N3O4. The third-order valence-corrected chi connectivity index (χ3v) is 3.39. The molecule has 1 fully saturated rings. The molecule has 0 aliphatic carbocycles. The van der Waals surface area contributed by atoms with Crippen LogP contribution in [0.1, 0.15) is 37.1 Å². The molecule has 1 aromatic heterocycles. The van der Waals surface area contributed by atoms with E-state index in [1.807, 2.05) is 0 Å². The average molecular weight is 281 g/mol. The molecule has 0 aromatic carbocycles. The lowest BCUT2D eigenvalue weighted by Gasteiger charge is -2.26. The maximum Gasteiger partial charge on any atom is 0.326 e. The number of likely N-dealkylation sites (tertiary alicyclic amines) is 1. The van der Waals surface area contributed by atoms with Gasteiger partial charge in [-0.15, -0.1) is 0 Å². The van der Waals surface area contributed by atoms with E-state index in [4.69, 9.17) is 4.52 Å². The van der Waals surface area contributed by atoms with E-state index in [0.717, 1.165) is 25.0 Å². The van der Waals surface area contributed by atoms with Crippen molar-refractivity contribution >= 4 is 12.0 Å². The second-order valence-electron chi connectivity index (χ2n) is 4.99. The van der Waals surface area contributed by atoms with E-state index < -0.39 is 12.0 Å². The fourth-order valence-corrected chi connectivity index (χ4v) is 2.37. The highest BCUT2D eigenvalue weighted by atomic mass is 16.5. The summed E-state index contributed by atoms with van der Waals surface area (Å²) in [5.74, 6) is -0.393. The quantitative estimate of drug-likeness (QED) is 0.875. The Bertz CT molecular complexity index is 486. The first kappa shape index (κ1) is 14.4. The zero-order chi connectivity index (χ0) is 14.5. The van der Waals surface area contributed by atoms with Gasteiger partial charge in [-0.05, 0) is 19.8 Å². The van der Waals surface area contributed by atoms with Crippen LogP contribution in [0.4, 0.5) is 4.79 Å². The van der Waals surface area contributed by atoms with Gasteiger partial charge in [-0.25, -0.2) is 9.59 Å². The summed E-state index contributed by atoms with van der Waals surface area (Å²) in [4.78, 5) is 24.8. The summed E-state index contributed by atoms with van der Waals surface area (Å²) in [6, 6.07) is 0.625. The first-order chi connectivity index (χ1) is 9.58. The summed E-state index contributed by atoms with van der Waals surface area (Å²) in [6.45, 7) is 2.48. The fourth-order valence-electron chi connectivity index (χ4n) is 2.37. The van der Waals surface area contributed by atoms with Crippen LogP contribution < -0.4 is 5.32 Å². The molecule has 1 saturated heterocycles. The lowest BCUT2D eigenvalue weighted by molar-refractivity contribution is -0.142. The number of urea groups is 1. The van der Waals surface area contributed by atoms with Crippen LogP contribution >= 0.6 is 0 Å². The van der Waals surface area contributed by atoms with Gasteiger partial charge in [-0.1, -0.05) is 18.0 Å². The van der Waals surface area contributed by atoms with Crippen molar-refractivity contribution in [2.45, 2.75) is 45.2 Å². The van der Waals surface area contributed by atoms with Crippen LogP contribution in [0.5, 0.6) is 0 Å². The van der Waals surface area contributed by atoms with Gasteiger partial charge >= 0.3 is 12.0 Å². The molecule has 0 spiro atoms. The SMILES string of the molecule is Cc1cc(CNC(=O)N2CCCCCC2C(=O)O)on1. The summed E-state index contributed by atoms with van der Waals surface area (Å²) in [6.07, 6.45) is 3.12. The molecule has 1 aliphatic rings. The molecule has 2 heterocycles. The molecule has 110 valence electrons. The van der Waals surface area contributed by atoms with Gasteiger partial charge in [0.05, 0.1) is 12.2 Å². The molecule has 2 rings (SSSR count). The van der Waals surface area contributed by atoms with Gasteiger partial charge < -0.3 is 19.8 Å². The normalized spacial score (nSPS) is 19.4. The molecule has 20 heavy (non-hydrogen) atoms. The summed E-state index contributed by atoms with van der Waals surface area (Å²) in [5.41, 5.74) is 0.743. The number of hydrogen-bond acceptors (Lipinski definition) is 4. The van der Waals surface area contributed by atoms with E-state index >= 15 is 0 Å². The molecule has 0 bridgehead atoms. The number of nitrogens with one attached hydrogen (secondary N) is 1. The predicted octanol–water partition coefficient (Wildman–Crippen LogP) is 1.52. The largest absolute Gasteiger partial charge is 0.480 e. The molecule has 0 radical (unpaired) electrons. The monoisotopic (exact) mass is 281 g/mol. The number of nitrogens with zero attached hydrogens (tertiary/aromatic N) is 2.